The van der Waals surface area contributed by atoms with E-state index in [0.29, 0.717) is 17.2 Å². The largest absolute Gasteiger partial charge is 0.497 e. The lowest BCUT2D eigenvalue weighted by Gasteiger charge is -2.29. The molecule has 9 heteroatoms. The highest BCUT2D eigenvalue weighted by Gasteiger charge is 2.24. The van der Waals surface area contributed by atoms with Crippen molar-refractivity contribution in [3.63, 3.8) is 0 Å². The second kappa shape index (κ2) is 10.5. The Balaban J connectivity index is 0.00000256. The first-order chi connectivity index (χ1) is 14.2. The maximum atomic E-state index is 13.4. The van der Waals surface area contributed by atoms with Crippen LogP contribution in [0.15, 0.2) is 46.9 Å². The maximum absolute atomic E-state index is 13.4. The van der Waals surface area contributed by atoms with Gasteiger partial charge < -0.3 is 9.47 Å². The highest BCUT2D eigenvalue weighted by atomic mass is 79.9. The van der Waals surface area contributed by atoms with Crippen LogP contribution >= 0.6 is 39.7 Å². The average molecular weight is 513 g/mol. The SMILES string of the molecule is COc1ccc2sc(N(CCN3CCOCC3)C(=O)c3ccccc3Br)nc2c1.Cl. The number of methoxy groups -OCH3 is 1. The van der Waals surface area contributed by atoms with E-state index >= 15 is 0 Å². The predicted molar refractivity (Wildman–Crippen MR) is 126 cm³/mol. The molecule has 1 aliphatic heterocycles. The average Bonchev–Trinajstić information content (AvgIpc) is 3.17. The van der Waals surface area contributed by atoms with Gasteiger partial charge in [0.05, 0.1) is 36.1 Å². The Kier molecular flexibility index (Phi) is 8.07. The van der Waals surface area contributed by atoms with Gasteiger partial charge in [0.2, 0.25) is 0 Å². The highest BCUT2D eigenvalue weighted by molar-refractivity contribution is 9.10. The molecule has 160 valence electrons. The van der Waals surface area contributed by atoms with Gasteiger partial charge in [-0.15, -0.1) is 12.4 Å². The van der Waals surface area contributed by atoms with E-state index in [1.54, 1.807) is 12.0 Å². The summed E-state index contributed by atoms with van der Waals surface area (Å²) in [6.07, 6.45) is 0. The van der Waals surface area contributed by atoms with Crippen molar-refractivity contribution in [1.82, 2.24) is 9.88 Å². The van der Waals surface area contributed by atoms with Crippen LogP contribution in [0, 0.1) is 0 Å². The summed E-state index contributed by atoms with van der Waals surface area (Å²) in [6.45, 7) is 4.58. The van der Waals surface area contributed by atoms with Gasteiger partial charge in [-0.05, 0) is 40.2 Å². The summed E-state index contributed by atoms with van der Waals surface area (Å²) < 4.78 is 12.6. The third kappa shape index (κ3) is 5.12. The van der Waals surface area contributed by atoms with Crippen molar-refractivity contribution in [1.29, 1.82) is 0 Å². The van der Waals surface area contributed by atoms with E-state index in [1.807, 2.05) is 42.5 Å². The van der Waals surface area contributed by atoms with Gasteiger partial charge in [-0.3, -0.25) is 14.6 Å². The Morgan fingerprint density at radius 3 is 2.77 bits per heavy atom. The molecule has 6 nitrogen and oxygen atoms in total. The first-order valence-corrected chi connectivity index (χ1v) is 11.1. The van der Waals surface area contributed by atoms with Crippen molar-refractivity contribution in [2.75, 3.05) is 51.4 Å². The number of rotatable bonds is 6. The Labute approximate surface area is 194 Å². The lowest BCUT2D eigenvalue weighted by Crippen LogP contribution is -2.43. The number of nitrogens with zero attached hydrogens (tertiary/aromatic N) is 3. The van der Waals surface area contributed by atoms with E-state index in [-0.39, 0.29) is 18.3 Å². The number of ether oxygens (including phenoxy) is 2. The van der Waals surface area contributed by atoms with Gasteiger partial charge in [0.25, 0.3) is 5.91 Å². The number of carbonyl (C=O) groups is 1. The van der Waals surface area contributed by atoms with Crippen molar-refractivity contribution in [2.45, 2.75) is 0 Å². The van der Waals surface area contributed by atoms with Crippen molar-refractivity contribution < 1.29 is 14.3 Å². The number of benzene rings is 2. The van der Waals surface area contributed by atoms with Crippen LogP contribution in [0.1, 0.15) is 10.4 Å². The van der Waals surface area contributed by atoms with Crippen LogP contribution in [-0.4, -0.2) is 62.3 Å². The molecule has 0 unspecified atom stereocenters. The molecule has 0 bridgehead atoms. The summed E-state index contributed by atoms with van der Waals surface area (Å²) in [4.78, 5) is 22.3. The highest BCUT2D eigenvalue weighted by Crippen LogP contribution is 2.32. The minimum atomic E-state index is -0.0586. The van der Waals surface area contributed by atoms with Crippen molar-refractivity contribution >= 4 is 60.9 Å². The fourth-order valence-corrected chi connectivity index (χ4v) is 4.69. The summed E-state index contributed by atoms with van der Waals surface area (Å²) in [6, 6.07) is 13.3. The molecule has 0 spiro atoms. The molecule has 1 aromatic heterocycles. The minimum Gasteiger partial charge on any atom is -0.497 e. The van der Waals surface area contributed by atoms with Gasteiger partial charge in [-0.1, -0.05) is 23.5 Å². The first-order valence-electron chi connectivity index (χ1n) is 9.47. The molecular formula is C21H23BrClN3O3S. The van der Waals surface area contributed by atoms with Crippen molar-refractivity contribution in [3.05, 3.63) is 52.5 Å². The zero-order valence-corrected chi connectivity index (χ0v) is 19.8. The van der Waals surface area contributed by atoms with E-state index in [4.69, 9.17) is 14.5 Å². The lowest BCUT2D eigenvalue weighted by molar-refractivity contribution is 0.0391. The zero-order valence-electron chi connectivity index (χ0n) is 16.5. The Morgan fingerprint density at radius 2 is 2.03 bits per heavy atom. The second-order valence-corrected chi connectivity index (χ2v) is 8.58. The van der Waals surface area contributed by atoms with Crippen LogP contribution in [0.25, 0.3) is 10.2 Å². The van der Waals surface area contributed by atoms with E-state index < -0.39 is 0 Å². The summed E-state index contributed by atoms with van der Waals surface area (Å²) in [5.41, 5.74) is 1.46. The number of carbonyl (C=O) groups excluding carboxylic acids is 1. The van der Waals surface area contributed by atoms with Crippen LogP contribution in [0.3, 0.4) is 0 Å². The molecule has 30 heavy (non-hydrogen) atoms. The zero-order chi connectivity index (χ0) is 20.2. The fourth-order valence-electron chi connectivity index (χ4n) is 3.27. The molecule has 2 heterocycles. The third-order valence-electron chi connectivity index (χ3n) is 4.91. The first kappa shape index (κ1) is 23.0. The van der Waals surface area contributed by atoms with Crippen LogP contribution in [-0.2, 0) is 4.74 Å². The molecule has 0 radical (unpaired) electrons. The number of amides is 1. The van der Waals surface area contributed by atoms with E-state index in [9.17, 15) is 4.79 Å². The molecule has 1 saturated heterocycles. The number of anilines is 1. The molecule has 2 aromatic carbocycles. The lowest BCUT2D eigenvalue weighted by atomic mass is 10.2. The number of fused-ring (bicyclic) bond motifs is 1. The van der Waals surface area contributed by atoms with Gasteiger partial charge in [0.1, 0.15) is 5.75 Å². The predicted octanol–water partition coefficient (Wildman–Crippen LogP) is 4.47. The molecule has 0 atom stereocenters. The molecule has 0 saturated carbocycles. The van der Waals surface area contributed by atoms with Gasteiger partial charge in [-0.25, -0.2) is 4.98 Å². The van der Waals surface area contributed by atoms with Crippen LogP contribution in [0.2, 0.25) is 0 Å². The van der Waals surface area contributed by atoms with E-state index in [2.05, 4.69) is 20.8 Å². The van der Waals surface area contributed by atoms with Crippen LogP contribution in [0.5, 0.6) is 5.75 Å². The normalized spacial score (nSPS) is 14.3. The quantitative estimate of drug-likeness (QED) is 0.488. The van der Waals surface area contributed by atoms with Crippen LogP contribution < -0.4 is 9.64 Å². The number of aromatic nitrogens is 1. The second-order valence-electron chi connectivity index (χ2n) is 6.72. The number of halogens is 2. The van der Waals surface area contributed by atoms with Gasteiger partial charge in [-0.2, -0.15) is 0 Å². The summed E-state index contributed by atoms with van der Waals surface area (Å²) in [5.74, 6) is 0.697. The minimum absolute atomic E-state index is 0. The molecule has 3 aromatic rings. The molecule has 0 aliphatic carbocycles. The molecule has 1 fully saturated rings. The standard InChI is InChI=1S/C21H22BrN3O3S.ClH/c1-27-15-6-7-19-18(14-15)23-21(29-19)25(9-8-24-10-12-28-13-11-24)20(26)16-4-2-3-5-17(16)22;/h2-7,14H,8-13H2,1H3;1H. The summed E-state index contributed by atoms with van der Waals surface area (Å²) >= 11 is 5.03. The number of thiazole rings is 1. The molecule has 1 aliphatic rings. The van der Waals surface area contributed by atoms with Gasteiger partial charge >= 0.3 is 0 Å². The number of hydrogen-bond acceptors (Lipinski definition) is 6. The fraction of sp³-hybridized carbons (Fsp3) is 0.333. The summed E-state index contributed by atoms with van der Waals surface area (Å²) in [5, 5.41) is 0.697. The van der Waals surface area contributed by atoms with Gasteiger partial charge in [0, 0.05) is 36.7 Å². The monoisotopic (exact) mass is 511 g/mol. The molecule has 1 amide bonds. The summed E-state index contributed by atoms with van der Waals surface area (Å²) in [7, 11) is 1.64. The van der Waals surface area contributed by atoms with Crippen molar-refractivity contribution in [3.8, 4) is 5.75 Å². The van der Waals surface area contributed by atoms with Gasteiger partial charge in [0.15, 0.2) is 5.13 Å². The Bertz CT molecular complexity index is 1010. The number of hydrogen-bond donors (Lipinski definition) is 0. The Morgan fingerprint density at radius 1 is 1.27 bits per heavy atom. The topological polar surface area (TPSA) is 54.9 Å². The van der Waals surface area contributed by atoms with E-state index in [1.165, 1.54) is 11.3 Å². The molecular weight excluding hydrogens is 490 g/mol. The maximum Gasteiger partial charge on any atom is 0.261 e. The smallest absolute Gasteiger partial charge is 0.261 e. The number of morpholine rings is 1. The van der Waals surface area contributed by atoms with E-state index in [0.717, 1.165) is 53.3 Å². The van der Waals surface area contributed by atoms with Crippen molar-refractivity contribution in [2.24, 2.45) is 0 Å². The Hall–Kier alpha value is -1.71. The third-order valence-corrected chi connectivity index (χ3v) is 6.66. The molecule has 4 rings (SSSR count). The molecule has 0 N–H and O–H groups in total. The van der Waals surface area contributed by atoms with Crippen LogP contribution in [0.4, 0.5) is 5.13 Å².